The van der Waals surface area contributed by atoms with E-state index < -0.39 is 17.5 Å². The summed E-state index contributed by atoms with van der Waals surface area (Å²) >= 11 is 0. The molecule has 1 aliphatic rings. The molecule has 3 rings (SSSR count). The van der Waals surface area contributed by atoms with E-state index in [0.717, 1.165) is 0 Å². The molecule has 156 valence electrons. The van der Waals surface area contributed by atoms with E-state index in [2.05, 4.69) is 4.74 Å². The predicted octanol–water partition coefficient (Wildman–Crippen LogP) is 3.81. The molecule has 0 aliphatic carbocycles. The molecular weight excluding hydrogens is 388 g/mol. The maximum Gasteiger partial charge on any atom is 0.344 e. The molecule has 7 heteroatoms. The Balaban J connectivity index is 1.69. The van der Waals surface area contributed by atoms with Crippen LogP contribution in [0, 0.1) is 0 Å². The van der Waals surface area contributed by atoms with Crippen LogP contribution in [0.2, 0.25) is 0 Å². The second kappa shape index (κ2) is 8.41. The van der Waals surface area contributed by atoms with Gasteiger partial charge < -0.3 is 18.9 Å². The van der Waals surface area contributed by atoms with E-state index in [1.165, 1.54) is 7.11 Å². The number of esters is 2. The van der Waals surface area contributed by atoms with Gasteiger partial charge in [0.15, 0.2) is 12.4 Å². The molecule has 7 nitrogen and oxygen atoms in total. The number of carbonyl (C=O) groups is 3. The summed E-state index contributed by atoms with van der Waals surface area (Å²) in [6.07, 6.45) is 1.59. The highest BCUT2D eigenvalue weighted by Gasteiger charge is 2.28. The second-order valence-corrected chi connectivity index (χ2v) is 7.59. The fraction of sp³-hybridized carbons (Fsp3) is 0.261. The van der Waals surface area contributed by atoms with Crippen LogP contribution in [0.1, 0.15) is 47.1 Å². The average Bonchev–Trinajstić information content (AvgIpc) is 3.00. The van der Waals surface area contributed by atoms with Crippen LogP contribution in [0.15, 0.2) is 48.2 Å². The van der Waals surface area contributed by atoms with Gasteiger partial charge in [-0.3, -0.25) is 4.79 Å². The summed E-state index contributed by atoms with van der Waals surface area (Å²) in [5.41, 5.74) is 0.911. The van der Waals surface area contributed by atoms with Crippen molar-refractivity contribution >= 4 is 23.8 Å². The Kier molecular flexibility index (Phi) is 5.91. The van der Waals surface area contributed by atoms with Crippen LogP contribution in [0.25, 0.3) is 6.08 Å². The van der Waals surface area contributed by atoms with Crippen molar-refractivity contribution in [1.29, 1.82) is 0 Å². The van der Waals surface area contributed by atoms with Gasteiger partial charge in [0.2, 0.25) is 5.78 Å². The minimum atomic E-state index is -0.595. The molecule has 0 aromatic heterocycles. The third kappa shape index (κ3) is 5.05. The zero-order valence-corrected chi connectivity index (χ0v) is 17.2. The standard InChI is InChI=1S/C23H22O7/c1-23(2,3)30-20(24)13-28-16-9-10-17-18(12-16)29-19(21(17)25)11-14-5-7-15(8-6-14)22(26)27-4/h5-12H,13H2,1-4H3/b19-11-. The molecule has 0 saturated heterocycles. The van der Waals surface area contributed by atoms with Crippen LogP contribution in [-0.4, -0.2) is 37.0 Å². The molecule has 0 radical (unpaired) electrons. The summed E-state index contributed by atoms with van der Waals surface area (Å²) < 4.78 is 21.0. The molecule has 0 saturated carbocycles. The van der Waals surface area contributed by atoms with E-state index in [4.69, 9.17) is 14.2 Å². The summed E-state index contributed by atoms with van der Waals surface area (Å²) in [5, 5.41) is 0. The van der Waals surface area contributed by atoms with E-state index in [-0.39, 0.29) is 18.1 Å². The molecule has 0 N–H and O–H groups in total. The van der Waals surface area contributed by atoms with Crippen LogP contribution in [0.5, 0.6) is 11.5 Å². The Morgan fingerprint density at radius 2 is 1.77 bits per heavy atom. The number of ether oxygens (including phenoxy) is 4. The quantitative estimate of drug-likeness (QED) is 0.547. The van der Waals surface area contributed by atoms with Gasteiger partial charge >= 0.3 is 11.9 Å². The van der Waals surface area contributed by atoms with Crippen molar-refractivity contribution in [2.75, 3.05) is 13.7 Å². The molecule has 1 aliphatic heterocycles. The van der Waals surface area contributed by atoms with Crippen molar-refractivity contribution in [3.63, 3.8) is 0 Å². The highest BCUT2D eigenvalue weighted by atomic mass is 16.6. The van der Waals surface area contributed by atoms with Crippen molar-refractivity contribution in [1.82, 2.24) is 0 Å². The SMILES string of the molecule is COC(=O)c1ccc(/C=C2\Oc3cc(OCC(=O)OC(C)(C)C)ccc3C2=O)cc1. The second-order valence-electron chi connectivity index (χ2n) is 7.59. The highest BCUT2D eigenvalue weighted by Crippen LogP contribution is 2.35. The van der Waals surface area contributed by atoms with Crippen molar-refractivity contribution in [3.8, 4) is 11.5 Å². The summed E-state index contributed by atoms with van der Waals surface area (Å²) in [5.74, 6) is -0.305. The van der Waals surface area contributed by atoms with Crippen LogP contribution >= 0.6 is 0 Å². The minimum Gasteiger partial charge on any atom is -0.482 e. The monoisotopic (exact) mass is 410 g/mol. The smallest absolute Gasteiger partial charge is 0.344 e. The Labute approximate surface area is 174 Å². The predicted molar refractivity (Wildman–Crippen MR) is 108 cm³/mol. The van der Waals surface area contributed by atoms with E-state index in [1.54, 1.807) is 69.3 Å². The average molecular weight is 410 g/mol. The lowest BCUT2D eigenvalue weighted by Gasteiger charge is -2.19. The molecular formula is C23H22O7. The normalized spacial score (nSPS) is 14.1. The van der Waals surface area contributed by atoms with Gasteiger partial charge in [-0.05, 0) is 56.7 Å². The number of fused-ring (bicyclic) bond motifs is 1. The summed E-state index contributed by atoms with van der Waals surface area (Å²) in [7, 11) is 1.31. The van der Waals surface area contributed by atoms with Crippen molar-refractivity contribution in [3.05, 3.63) is 64.9 Å². The molecule has 2 aromatic carbocycles. The number of carbonyl (C=O) groups excluding carboxylic acids is 3. The van der Waals surface area contributed by atoms with Crippen LogP contribution in [0.4, 0.5) is 0 Å². The molecule has 0 amide bonds. The first-order valence-electron chi connectivity index (χ1n) is 9.27. The van der Waals surface area contributed by atoms with Crippen LogP contribution in [0.3, 0.4) is 0 Å². The first kappa shape index (κ1) is 21.1. The van der Waals surface area contributed by atoms with Crippen molar-refractivity contribution in [2.45, 2.75) is 26.4 Å². The van der Waals surface area contributed by atoms with Gasteiger partial charge in [-0.1, -0.05) is 12.1 Å². The van der Waals surface area contributed by atoms with E-state index in [1.807, 2.05) is 0 Å². The molecule has 1 heterocycles. The van der Waals surface area contributed by atoms with E-state index >= 15 is 0 Å². The van der Waals surface area contributed by atoms with Gasteiger partial charge in [0.1, 0.15) is 17.1 Å². The number of benzene rings is 2. The fourth-order valence-corrected chi connectivity index (χ4v) is 2.75. The number of ketones is 1. The number of hydrogen-bond acceptors (Lipinski definition) is 7. The first-order chi connectivity index (χ1) is 14.2. The molecule has 0 bridgehead atoms. The molecule has 0 atom stereocenters. The van der Waals surface area contributed by atoms with Gasteiger partial charge in [0.25, 0.3) is 0 Å². The van der Waals surface area contributed by atoms with Gasteiger partial charge in [0, 0.05) is 6.07 Å². The topological polar surface area (TPSA) is 88.1 Å². The van der Waals surface area contributed by atoms with E-state index in [0.29, 0.717) is 28.2 Å². The molecule has 0 spiro atoms. The number of allylic oxidation sites excluding steroid dienone is 1. The van der Waals surface area contributed by atoms with Crippen molar-refractivity contribution < 1.29 is 33.3 Å². The summed E-state index contributed by atoms with van der Waals surface area (Å²) in [4.78, 5) is 35.9. The lowest BCUT2D eigenvalue weighted by Crippen LogP contribution is -2.27. The minimum absolute atomic E-state index is 0.153. The van der Waals surface area contributed by atoms with Gasteiger partial charge in [-0.15, -0.1) is 0 Å². The van der Waals surface area contributed by atoms with Crippen molar-refractivity contribution in [2.24, 2.45) is 0 Å². The third-order valence-electron chi connectivity index (χ3n) is 4.05. The number of Topliss-reactive ketones (excluding diaryl/α,β-unsaturated/α-hetero) is 1. The zero-order chi connectivity index (χ0) is 21.9. The van der Waals surface area contributed by atoms with E-state index in [9.17, 15) is 14.4 Å². The van der Waals surface area contributed by atoms with Crippen LogP contribution in [-0.2, 0) is 14.3 Å². The van der Waals surface area contributed by atoms with Gasteiger partial charge in [0.05, 0.1) is 18.2 Å². The highest BCUT2D eigenvalue weighted by molar-refractivity contribution is 6.14. The third-order valence-corrected chi connectivity index (χ3v) is 4.05. The molecule has 2 aromatic rings. The Morgan fingerprint density at radius 3 is 2.40 bits per heavy atom. The lowest BCUT2D eigenvalue weighted by molar-refractivity contribution is -0.157. The summed E-state index contributed by atoms with van der Waals surface area (Å²) in [6, 6.07) is 11.3. The largest absolute Gasteiger partial charge is 0.482 e. The number of rotatable bonds is 5. The first-order valence-corrected chi connectivity index (χ1v) is 9.27. The van der Waals surface area contributed by atoms with Gasteiger partial charge in [-0.2, -0.15) is 0 Å². The van der Waals surface area contributed by atoms with Gasteiger partial charge in [-0.25, -0.2) is 9.59 Å². The number of hydrogen-bond donors (Lipinski definition) is 0. The molecule has 0 unspecified atom stereocenters. The fourth-order valence-electron chi connectivity index (χ4n) is 2.75. The molecule has 0 fully saturated rings. The van der Waals surface area contributed by atoms with Crippen LogP contribution < -0.4 is 9.47 Å². The lowest BCUT2D eigenvalue weighted by atomic mass is 10.1. The number of methoxy groups -OCH3 is 1. The Morgan fingerprint density at radius 1 is 1.07 bits per heavy atom. The zero-order valence-electron chi connectivity index (χ0n) is 17.2. The maximum atomic E-state index is 12.6. The maximum absolute atomic E-state index is 12.6. The Bertz CT molecular complexity index is 1010. The molecule has 30 heavy (non-hydrogen) atoms. The Hall–Kier alpha value is -3.61. The summed E-state index contributed by atoms with van der Waals surface area (Å²) in [6.45, 7) is 5.07.